The van der Waals surface area contributed by atoms with Gasteiger partial charge in [0.15, 0.2) is 0 Å². The monoisotopic (exact) mass is 275 g/mol. The number of nitrogens with one attached hydrogen (secondary N) is 1. The number of benzene rings is 1. The highest BCUT2D eigenvalue weighted by Gasteiger charge is 2.05. The molecule has 1 atom stereocenters. The Labute approximate surface area is 113 Å². The topological polar surface area (TPSA) is 21.3 Å². The third-order valence-electron chi connectivity index (χ3n) is 2.49. The Morgan fingerprint density at radius 1 is 1.35 bits per heavy atom. The molecule has 0 spiro atoms. The number of halogens is 2. The predicted octanol–water partition coefficient (Wildman–Crippen LogP) is 4.15. The molecule has 0 saturated heterocycles. The lowest BCUT2D eigenvalue weighted by atomic mass is 10.2. The molecule has 1 N–H and O–H groups in total. The van der Waals surface area contributed by atoms with Crippen molar-refractivity contribution < 1.29 is 4.74 Å². The minimum atomic E-state index is 0.482. The lowest BCUT2D eigenvalue weighted by Crippen LogP contribution is -2.29. The summed E-state index contributed by atoms with van der Waals surface area (Å²) in [6, 6.07) is 5.93. The zero-order valence-electron chi connectivity index (χ0n) is 10.3. The van der Waals surface area contributed by atoms with Gasteiger partial charge < -0.3 is 10.1 Å². The first-order chi connectivity index (χ1) is 8.15. The van der Waals surface area contributed by atoms with Crippen molar-refractivity contribution in [2.75, 3.05) is 13.2 Å². The van der Waals surface area contributed by atoms with Gasteiger partial charge in [0.1, 0.15) is 17.4 Å². The van der Waals surface area contributed by atoms with Crippen LogP contribution in [0.3, 0.4) is 0 Å². The van der Waals surface area contributed by atoms with Gasteiger partial charge in [0.25, 0.3) is 0 Å². The quantitative estimate of drug-likeness (QED) is 0.755. The molecular weight excluding hydrogens is 257 g/mol. The summed E-state index contributed by atoms with van der Waals surface area (Å²) in [5.41, 5.74) is 0. The van der Waals surface area contributed by atoms with Crippen molar-refractivity contribution in [2.24, 2.45) is 0 Å². The highest BCUT2D eigenvalue weighted by Crippen LogP contribution is 2.31. The fraction of sp³-hybridized carbons (Fsp3) is 0.538. The van der Waals surface area contributed by atoms with Crippen molar-refractivity contribution in [1.82, 2.24) is 5.32 Å². The maximum Gasteiger partial charge on any atom is 0.139 e. The zero-order valence-corrected chi connectivity index (χ0v) is 11.8. The molecule has 0 aliphatic rings. The lowest BCUT2D eigenvalue weighted by molar-refractivity contribution is 0.305. The molecule has 0 aliphatic carbocycles. The van der Waals surface area contributed by atoms with E-state index in [2.05, 4.69) is 19.2 Å². The maximum absolute atomic E-state index is 6.01. The second kappa shape index (κ2) is 7.80. The predicted molar refractivity (Wildman–Crippen MR) is 74.3 cm³/mol. The van der Waals surface area contributed by atoms with Crippen LogP contribution >= 0.6 is 23.2 Å². The Bertz CT molecular complexity index is 344. The molecule has 4 heteroatoms. The van der Waals surface area contributed by atoms with Gasteiger partial charge in [-0.1, -0.05) is 42.6 Å². The maximum atomic E-state index is 6.01. The fourth-order valence-corrected chi connectivity index (χ4v) is 1.94. The van der Waals surface area contributed by atoms with Gasteiger partial charge in [-0.25, -0.2) is 0 Å². The van der Waals surface area contributed by atoms with E-state index < -0.39 is 0 Å². The van der Waals surface area contributed by atoms with E-state index in [-0.39, 0.29) is 0 Å². The largest absolute Gasteiger partial charge is 0.491 e. The van der Waals surface area contributed by atoms with Crippen molar-refractivity contribution in [3.63, 3.8) is 0 Å². The van der Waals surface area contributed by atoms with Crippen molar-refractivity contribution in [2.45, 2.75) is 32.7 Å². The summed E-state index contributed by atoms with van der Waals surface area (Å²) >= 11 is 11.9. The molecule has 0 saturated carbocycles. The summed E-state index contributed by atoms with van der Waals surface area (Å²) in [5, 5.41) is 4.39. The van der Waals surface area contributed by atoms with Crippen LogP contribution in [0, 0.1) is 0 Å². The Morgan fingerprint density at radius 2 is 2.12 bits per heavy atom. The standard InChI is InChI=1S/C13H19Cl2NO/c1-3-5-10(2)16-8-9-17-12-7-4-6-11(14)13(12)15/h4,6-7,10,16H,3,5,8-9H2,1-2H3. The first kappa shape index (κ1) is 14.6. The molecule has 0 heterocycles. The summed E-state index contributed by atoms with van der Waals surface area (Å²) < 4.78 is 5.57. The Hall–Kier alpha value is -0.440. The second-order valence-electron chi connectivity index (χ2n) is 4.04. The molecule has 0 amide bonds. The molecule has 0 bridgehead atoms. The van der Waals surface area contributed by atoms with Gasteiger partial charge in [-0.15, -0.1) is 0 Å². The van der Waals surface area contributed by atoms with Crippen LogP contribution in [0.2, 0.25) is 10.0 Å². The molecular formula is C13H19Cl2NO. The van der Waals surface area contributed by atoms with E-state index >= 15 is 0 Å². The van der Waals surface area contributed by atoms with Gasteiger partial charge in [-0.3, -0.25) is 0 Å². The van der Waals surface area contributed by atoms with E-state index in [1.54, 1.807) is 6.07 Å². The summed E-state index contributed by atoms with van der Waals surface area (Å²) in [6.07, 6.45) is 2.37. The highest BCUT2D eigenvalue weighted by atomic mass is 35.5. The van der Waals surface area contributed by atoms with Gasteiger partial charge >= 0.3 is 0 Å². The molecule has 96 valence electrons. The lowest BCUT2D eigenvalue weighted by Gasteiger charge is -2.13. The third-order valence-corrected chi connectivity index (χ3v) is 3.29. The van der Waals surface area contributed by atoms with E-state index in [1.165, 1.54) is 12.8 Å². The average molecular weight is 276 g/mol. The first-order valence-corrected chi connectivity index (χ1v) is 6.71. The zero-order chi connectivity index (χ0) is 12.7. The van der Waals surface area contributed by atoms with Crippen LogP contribution in [0.5, 0.6) is 5.75 Å². The molecule has 1 unspecified atom stereocenters. The molecule has 17 heavy (non-hydrogen) atoms. The molecule has 0 aliphatic heterocycles. The van der Waals surface area contributed by atoms with Gasteiger partial charge in [-0.05, 0) is 25.5 Å². The highest BCUT2D eigenvalue weighted by molar-refractivity contribution is 6.42. The van der Waals surface area contributed by atoms with Crippen molar-refractivity contribution in [3.8, 4) is 5.75 Å². The van der Waals surface area contributed by atoms with E-state index in [1.807, 2.05) is 12.1 Å². The summed E-state index contributed by atoms with van der Waals surface area (Å²) in [6.45, 7) is 5.76. The molecule has 0 aromatic heterocycles. The Balaban J connectivity index is 2.29. The van der Waals surface area contributed by atoms with Crippen LogP contribution in [0.25, 0.3) is 0 Å². The smallest absolute Gasteiger partial charge is 0.139 e. The Kier molecular flexibility index (Phi) is 6.71. The van der Waals surface area contributed by atoms with Crippen LogP contribution in [-0.2, 0) is 0 Å². The van der Waals surface area contributed by atoms with Crippen LogP contribution in [-0.4, -0.2) is 19.2 Å². The van der Waals surface area contributed by atoms with Crippen molar-refractivity contribution in [3.05, 3.63) is 28.2 Å². The summed E-state index contributed by atoms with van der Waals surface area (Å²) in [7, 11) is 0. The minimum Gasteiger partial charge on any atom is -0.491 e. The van der Waals surface area contributed by atoms with E-state index in [4.69, 9.17) is 27.9 Å². The van der Waals surface area contributed by atoms with Gasteiger partial charge in [0.05, 0.1) is 5.02 Å². The van der Waals surface area contributed by atoms with Gasteiger partial charge in [0.2, 0.25) is 0 Å². The molecule has 1 aromatic carbocycles. The fourth-order valence-electron chi connectivity index (χ4n) is 1.60. The second-order valence-corrected chi connectivity index (χ2v) is 4.83. The molecule has 0 fully saturated rings. The number of hydrogen-bond acceptors (Lipinski definition) is 2. The van der Waals surface area contributed by atoms with Crippen LogP contribution in [0.1, 0.15) is 26.7 Å². The Morgan fingerprint density at radius 3 is 2.82 bits per heavy atom. The van der Waals surface area contributed by atoms with E-state index in [0.717, 1.165) is 6.54 Å². The number of hydrogen-bond donors (Lipinski definition) is 1. The minimum absolute atomic E-state index is 0.482. The SMILES string of the molecule is CCCC(C)NCCOc1cccc(Cl)c1Cl. The van der Waals surface area contributed by atoms with Gasteiger partial charge in [-0.2, -0.15) is 0 Å². The molecule has 1 rings (SSSR count). The van der Waals surface area contributed by atoms with Crippen LogP contribution in [0.4, 0.5) is 0 Å². The molecule has 2 nitrogen and oxygen atoms in total. The van der Waals surface area contributed by atoms with E-state index in [9.17, 15) is 0 Å². The van der Waals surface area contributed by atoms with Crippen LogP contribution in [0.15, 0.2) is 18.2 Å². The summed E-state index contributed by atoms with van der Waals surface area (Å²) in [4.78, 5) is 0. The third kappa shape index (κ3) is 5.15. The first-order valence-electron chi connectivity index (χ1n) is 5.95. The summed E-state index contributed by atoms with van der Waals surface area (Å²) in [5.74, 6) is 0.643. The molecule has 1 aromatic rings. The number of rotatable bonds is 7. The van der Waals surface area contributed by atoms with Crippen LogP contribution < -0.4 is 10.1 Å². The van der Waals surface area contributed by atoms with Crippen molar-refractivity contribution in [1.29, 1.82) is 0 Å². The normalized spacial score (nSPS) is 12.5. The van der Waals surface area contributed by atoms with Crippen molar-refractivity contribution >= 4 is 23.2 Å². The molecule has 0 radical (unpaired) electrons. The average Bonchev–Trinajstić information content (AvgIpc) is 2.30. The number of ether oxygens (including phenoxy) is 1. The van der Waals surface area contributed by atoms with E-state index in [0.29, 0.717) is 28.4 Å². The van der Waals surface area contributed by atoms with Gasteiger partial charge in [0, 0.05) is 12.6 Å².